The fraction of sp³-hybridized carbons (Fsp3) is 0.500. The van der Waals surface area contributed by atoms with Crippen molar-refractivity contribution in [2.24, 2.45) is 0 Å². The van der Waals surface area contributed by atoms with Gasteiger partial charge in [-0.05, 0) is 17.7 Å². The summed E-state index contributed by atoms with van der Waals surface area (Å²) < 4.78 is 28.4. The largest absolute Gasteiger partial charge is 0.480 e. The monoisotopic (exact) mass is 300 g/mol. The van der Waals surface area contributed by atoms with E-state index in [0.29, 0.717) is 0 Å². The number of alkyl halides is 2. The molecule has 1 aromatic carbocycles. The first-order valence-corrected chi connectivity index (χ1v) is 6.73. The maximum atomic E-state index is 12.0. The molecular formula is C14H18F2N2O3. The highest BCUT2D eigenvalue weighted by molar-refractivity contribution is 5.69. The van der Waals surface area contributed by atoms with E-state index in [2.05, 4.69) is 9.64 Å². The van der Waals surface area contributed by atoms with Gasteiger partial charge in [0.2, 0.25) is 0 Å². The van der Waals surface area contributed by atoms with Crippen LogP contribution in [-0.4, -0.2) is 60.2 Å². The minimum Gasteiger partial charge on any atom is -0.480 e. The molecule has 0 bridgehead atoms. The number of carboxylic acids is 1. The third-order valence-electron chi connectivity index (χ3n) is 3.38. The summed E-state index contributed by atoms with van der Waals surface area (Å²) in [5.74, 6) is -0.655. The van der Waals surface area contributed by atoms with Gasteiger partial charge in [-0.25, -0.2) is 0 Å². The lowest BCUT2D eigenvalue weighted by atomic mass is 10.2. The maximum Gasteiger partial charge on any atom is 0.387 e. The first-order chi connectivity index (χ1) is 10.0. The summed E-state index contributed by atoms with van der Waals surface area (Å²) in [4.78, 5) is 14.7. The molecule has 0 radical (unpaired) electrons. The topological polar surface area (TPSA) is 53.0 Å². The highest BCUT2D eigenvalue weighted by Gasteiger charge is 2.18. The van der Waals surface area contributed by atoms with Crippen LogP contribution in [0.2, 0.25) is 0 Å². The van der Waals surface area contributed by atoms with Gasteiger partial charge in [-0.3, -0.25) is 14.6 Å². The Bertz CT molecular complexity index is 460. The molecule has 21 heavy (non-hydrogen) atoms. The van der Waals surface area contributed by atoms with Crippen LogP contribution in [0.5, 0.6) is 5.75 Å². The number of carboxylic acid groups (broad SMARTS) is 1. The third kappa shape index (κ3) is 5.28. The van der Waals surface area contributed by atoms with Crippen molar-refractivity contribution in [3.05, 3.63) is 29.8 Å². The van der Waals surface area contributed by atoms with Gasteiger partial charge in [0, 0.05) is 32.7 Å². The van der Waals surface area contributed by atoms with Crippen molar-refractivity contribution < 1.29 is 23.4 Å². The van der Waals surface area contributed by atoms with Gasteiger partial charge >= 0.3 is 12.6 Å². The predicted octanol–water partition coefficient (Wildman–Crippen LogP) is 1.49. The molecule has 5 nitrogen and oxygen atoms in total. The van der Waals surface area contributed by atoms with Gasteiger partial charge in [0.05, 0.1) is 6.54 Å². The first kappa shape index (κ1) is 15.7. The van der Waals surface area contributed by atoms with Crippen LogP contribution >= 0.6 is 0 Å². The SMILES string of the molecule is O=C(O)CN1CCN(Cc2ccc(OC(F)F)cc2)CC1. The Morgan fingerprint density at radius 2 is 1.71 bits per heavy atom. The van der Waals surface area contributed by atoms with Gasteiger partial charge in [0.1, 0.15) is 5.75 Å². The molecule has 1 N–H and O–H groups in total. The van der Waals surface area contributed by atoms with E-state index in [1.165, 1.54) is 12.1 Å². The summed E-state index contributed by atoms with van der Waals surface area (Å²) in [5, 5.41) is 8.73. The number of benzene rings is 1. The molecule has 1 fully saturated rings. The van der Waals surface area contributed by atoms with Crippen LogP contribution in [0.3, 0.4) is 0 Å². The average molecular weight is 300 g/mol. The summed E-state index contributed by atoms with van der Waals surface area (Å²) in [6.45, 7) is 1.02. The van der Waals surface area contributed by atoms with E-state index in [-0.39, 0.29) is 12.3 Å². The Balaban J connectivity index is 1.79. The zero-order valence-corrected chi connectivity index (χ0v) is 11.5. The summed E-state index contributed by atoms with van der Waals surface area (Å²) in [7, 11) is 0. The Hall–Kier alpha value is -1.73. The summed E-state index contributed by atoms with van der Waals surface area (Å²) in [6.07, 6.45) is 0. The fourth-order valence-electron chi connectivity index (χ4n) is 2.33. The van der Waals surface area contributed by atoms with Gasteiger partial charge in [-0.15, -0.1) is 0 Å². The van der Waals surface area contributed by atoms with Crippen molar-refractivity contribution in [2.75, 3.05) is 32.7 Å². The Labute approximate surface area is 121 Å². The molecule has 0 aliphatic carbocycles. The Kier molecular flexibility index (Phi) is 5.46. The highest BCUT2D eigenvalue weighted by atomic mass is 19.3. The van der Waals surface area contributed by atoms with E-state index in [1.807, 2.05) is 4.90 Å². The van der Waals surface area contributed by atoms with E-state index in [1.54, 1.807) is 12.1 Å². The number of rotatable bonds is 6. The van der Waals surface area contributed by atoms with Crippen molar-refractivity contribution in [3.8, 4) is 5.75 Å². The Morgan fingerprint density at radius 3 is 2.24 bits per heavy atom. The molecule has 1 heterocycles. The molecule has 1 saturated heterocycles. The van der Waals surface area contributed by atoms with Gasteiger partial charge in [-0.1, -0.05) is 12.1 Å². The Morgan fingerprint density at radius 1 is 1.14 bits per heavy atom. The molecule has 1 aliphatic rings. The number of nitrogens with zero attached hydrogens (tertiary/aromatic N) is 2. The van der Waals surface area contributed by atoms with Gasteiger partial charge in [-0.2, -0.15) is 8.78 Å². The predicted molar refractivity (Wildman–Crippen MR) is 72.4 cm³/mol. The lowest BCUT2D eigenvalue weighted by Gasteiger charge is -2.33. The van der Waals surface area contributed by atoms with E-state index >= 15 is 0 Å². The number of hydrogen-bond donors (Lipinski definition) is 1. The standard InChI is InChI=1S/C14H18F2N2O3/c15-14(16)21-12-3-1-11(2-4-12)9-17-5-7-18(8-6-17)10-13(19)20/h1-4,14H,5-10H2,(H,19,20). The molecule has 116 valence electrons. The molecule has 1 aromatic rings. The summed E-state index contributed by atoms with van der Waals surface area (Å²) in [6, 6.07) is 6.59. The number of halogens is 2. The van der Waals surface area contributed by atoms with Crippen LogP contribution in [0.15, 0.2) is 24.3 Å². The van der Waals surface area contributed by atoms with Gasteiger partial charge < -0.3 is 9.84 Å². The zero-order valence-electron chi connectivity index (χ0n) is 11.5. The van der Waals surface area contributed by atoms with Crippen molar-refractivity contribution >= 4 is 5.97 Å². The highest BCUT2D eigenvalue weighted by Crippen LogP contribution is 2.16. The number of ether oxygens (including phenoxy) is 1. The van der Waals surface area contributed by atoms with E-state index in [9.17, 15) is 13.6 Å². The molecule has 2 rings (SSSR count). The minimum atomic E-state index is -2.81. The molecule has 7 heteroatoms. The van der Waals surface area contributed by atoms with Crippen molar-refractivity contribution in [2.45, 2.75) is 13.2 Å². The number of hydrogen-bond acceptors (Lipinski definition) is 4. The van der Waals surface area contributed by atoms with Gasteiger partial charge in [0.25, 0.3) is 0 Å². The van der Waals surface area contributed by atoms with Crippen molar-refractivity contribution in [1.82, 2.24) is 9.80 Å². The number of carbonyl (C=O) groups is 1. The maximum absolute atomic E-state index is 12.0. The van der Waals surface area contributed by atoms with Gasteiger partial charge in [0.15, 0.2) is 0 Å². The molecule has 0 atom stereocenters. The average Bonchev–Trinajstić information content (AvgIpc) is 2.42. The lowest BCUT2D eigenvalue weighted by molar-refractivity contribution is -0.138. The van der Waals surface area contributed by atoms with Crippen LogP contribution in [0, 0.1) is 0 Å². The molecule has 0 amide bonds. The van der Waals surface area contributed by atoms with Crippen LogP contribution < -0.4 is 4.74 Å². The second-order valence-corrected chi connectivity index (χ2v) is 4.97. The first-order valence-electron chi connectivity index (χ1n) is 6.73. The molecule has 0 unspecified atom stereocenters. The lowest BCUT2D eigenvalue weighted by Crippen LogP contribution is -2.47. The zero-order chi connectivity index (χ0) is 15.2. The van der Waals surface area contributed by atoms with Crippen molar-refractivity contribution in [1.29, 1.82) is 0 Å². The quantitative estimate of drug-likeness (QED) is 0.862. The second kappa shape index (κ2) is 7.33. The molecular weight excluding hydrogens is 282 g/mol. The molecule has 0 spiro atoms. The normalized spacial score (nSPS) is 17.1. The summed E-state index contributed by atoms with van der Waals surface area (Å²) >= 11 is 0. The molecule has 1 aliphatic heterocycles. The van der Waals surface area contributed by atoms with E-state index in [4.69, 9.17) is 5.11 Å². The summed E-state index contributed by atoms with van der Waals surface area (Å²) in [5.41, 5.74) is 1.02. The van der Waals surface area contributed by atoms with E-state index < -0.39 is 12.6 Å². The smallest absolute Gasteiger partial charge is 0.387 e. The number of aliphatic carboxylic acids is 1. The second-order valence-electron chi connectivity index (χ2n) is 4.97. The van der Waals surface area contributed by atoms with Crippen molar-refractivity contribution in [3.63, 3.8) is 0 Å². The third-order valence-corrected chi connectivity index (χ3v) is 3.38. The van der Waals surface area contributed by atoms with Crippen LogP contribution in [0.25, 0.3) is 0 Å². The fourth-order valence-corrected chi connectivity index (χ4v) is 2.33. The molecule has 0 saturated carbocycles. The molecule has 0 aromatic heterocycles. The minimum absolute atomic E-state index is 0.0769. The number of piperazine rings is 1. The van der Waals surface area contributed by atoms with Crippen LogP contribution in [0.1, 0.15) is 5.56 Å². The van der Waals surface area contributed by atoms with E-state index in [0.717, 1.165) is 38.3 Å². The van der Waals surface area contributed by atoms with Crippen LogP contribution in [-0.2, 0) is 11.3 Å². The van der Waals surface area contributed by atoms with Crippen LogP contribution in [0.4, 0.5) is 8.78 Å².